The van der Waals surface area contributed by atoms with Crippen molar-refractivity contribution >= 4 is 0 Å². The van der Waals surface area contributed by atoms with Crippen LogP contribution in [0.2, 0.25) is 0 Å². The Labute approximate surface area is 94.5 Å². The summed E-state index contributed by atoms with van der Waals surface area (Å²) in [5.74, 6) is 0.805. The first-order chi connectivity index (χ1) is 7.20. The summed E-state index contributed by atoms with van der Waals surface area (Å²) in [6, 6.07) is 0. The van der Waals surface area contributed by atoms with Crippen LogP contribution >= 0.6 is 0 Å². The van der Waals surface area contributed by atoms with Crippen LogP contribution in [0.3, 0.4) is 0 Å². The highest BCUT2D eigenvalue weighted by Crippen LogP contribution is 2.54. The molecular formula is C15H24. The van der Waals surface area contributed by atoms with Gasteiger partial charge in [0.1, 0.15) is 0 Å². The van der Waals surface area contributed by atoms with E-state index < -0.39 is 0 Å². The highest BCUT2D eigenvalue weighted by atomic mass is 14.5. The monoisotopic (exact) mass is 204 g/mol. The molecule has 1 atom stereocenters. The molecule has 0 aliphatic heterocycles. The summed E-state index contributed by atoms with van der Waals surface area (Å²) in [5, 5.41) is 0. The van der Waals surface area contributed by atoms with Gasteiger partial charge < -0.3 is 0 Å². The van der Waals surface area contributed by atoms with Crippen LogP contribution in [0.15, 0.2) is 23.3 Å². The molecule has 0 aromatic rings. The standard InChI is InChI=1S/C15H24/c1-4-5-10-15(12(2)3)11-9-13-7-6-8-14(13)15/h6,8,12H,4-5,7,9-11H2,1-3H3. The van der Waals surface area contributed by atoms with Crippen LogP contribution in [0, 0.1) is 11.3 Å². The van der Waals surface area contributed by atoms with E-state index in [4.69, 9.17) is 0 Å². The maximum Gasteiger partial charge on any atom is -0.00214 e. The highest BCUT2D eigenvalue weighted by molar-refractivity contribution is 5.43. The molecule has 0 fully saturated rings. The molecule has 0 saturated carbocycles. The first-order valence-electron chi connectivity index (χ1n) is 6.59. The molecular weight excluding hydrogens is 180 g/mol. The SMILES string of the molecule is CCCCC1(C(C)C)CCC2=C1C=CC2. The first-order valence-corrected chi connectivity index (χ1v) is 6.59. The third-order valence-electron chi connectivity index (χ3n) is 4.52. The van der Waals surface area contributed by atoms with Gasteiger partial charge in [-0.15, -0.1) is 0 Å². The molecule has 1 unspecified atom stereocenters. The minimum absolute atomic E-state index is 0.540. The van der Waals surface area contributed by atoms with E-state index >= 15 is 0 Å². The summed E-state index contributed by atoms with van der Waals surface area (Å²) in [4.78, 5) is 0. The quantitative estimate of drug-likeness (QED) is 0.613. The van der Waals surface area contributed by atoms with Crippen molar-refractivity contribution in [3.8, 4) is 0 Å². The maximum absolute atomic E-state index is 2.43. The van der Waals surface area contributed by atoms with Gasteiger partial charge in [-0.05, 0) is 42.6 Å². The lowest BCUT2D eigenvalue weighted by Gasteiger charge is -2.36. The molecule has 84 valence electrons. The minimum Gasteiger partial charge on any atom is -0.0802 e. The Morgan fingerprint density at radius 3 is 2.87 bits per heavy atom. The summed E-state index contributed by atoms with van der Waals surface area (Å²) in [5.41, 5.74) is 4.02. The lowest BCUT2D eigenvalue weighted by atomic mass is 9.68. The van der Waals surface area contributed by atoms with Crippen LogP contribution in [0.1, 0.15) is 59.3 Å². The van der Waals surface area contributed by atoms with Gasteiger partial charge in [0, 0.05) is 0 Å². The number of hydrogen-bond acceptors (Lipinski definition) is 0. The van der Waals surface area contributed by atoms with E-state index in [2.05, 4.69) is 32.9 Å². The zero-order valence-electron chi connectivity index (χ0n) is 10.5. The Kier molecular flexibility index (Phi) is 3.04. The van der Waals surface area contributed by atoms with Gasteiger partial charge in [0.2, 0.25) is 0 Å². The van der Waals surface area contributed by atoms with Gasteiger partial charge in [-0.25, -0.2) is 0 Å². The van der Waals surface area contributed by atoms with Gasteiger partial charge in [0.25, 0.3) is 0 Å². The van der Waals surface area contributed by atoms with E-state index in [-0.39, 0.29) is 0 Å². The van der Waals surface area contributed by atoms with Crippen molar-refractivity contribution in [1.82, 2.24) is 0 Å². The van der Waals surface area contributed by atoms with E-state index in [9.17, 15) is 0 Å². The average Bonchev–Trinajstić information content (AvgIpc) is 2.76. The first kappa shape index (κ1) is 11.0. The second kappa shape index (κ2) is 4.15. The second-order valence-electron chi connectivity index (χ2n) is 5.54. The molecule has 2 rings (SSSR count). The van der Waals surface area contributed by atoms with E-state index in [1.165, 1.54) is 38.5 Å². The molecule has 0 bridgehead atoms. The topological polar surface area (TPSA) is 0 Å². The van der Waals surface area contributed by atoms with Crippen molar-refractivity contribution in [2.45, 2.75) is 59.3 Å². The van der Waals surface area contributed by atoms with Crippen LogP contribution < -0.4 is 0 Å². The molecule has 0 spiro atoms. The lowest BCUT2D eigenvalue weighted by Crippen LogP contribution is -2.26. The van der Waals surface area contributed by atoms with Gasteiger partial charge in [-0.3, -0.25) is 0 Å². The molecule has 0 N–H and O–H groups in total. The van der Waals surface area contributed by atoms with Crippen molar-refractivity contribution in [3.05, 3.63) is 23.3 Å². The predicted molar refractivity (Wildman–Crippen MR) is 66.8 cm³/mol. The zero-order chi connectivity index (χ0) is 10.9. The van der Waals surface area contributed by atoms with Crippen LogP contribution in [0.5, 0.6) is 0 Å². The molecule has 0 radical (unpaired) electrons. The normalized spacial score (nSPS) is 29.3. The third-order valence-corrected chi connectivity index (χ3v) is 4.52. The van der Waals surface area contributed by atoms with Crippen LogP contribution in [-0.2, 0) is 0 Å². The predicted octanol–water partition coefficient (Wildman–Crippen LogP) is 4.87. The average molecular weight is 204 g/mol. The van der Waals surface area contributed by atoms with Crippen molar-refractivity contribution in [2.24, 2.45) is 11.3 Å². The molecule has 0 amide bonds. The second-order valence-corrected chi connectivity index (χ2v) is 5.54. The summed E-state index contributed by atoms with van der Waals surface area (Å²) in [6.07, 6.45) is 13.0. The fourth-order valence-electron chi connectivity index (χ4n) is 3.45. The largest absolute Gasteiger partial charge is 0.0802 e. The molecule has 0 heterocycles. The molecule has 15 heavy (non-hydrogen) atoms. The van der Waals surface area contributed by atoms with Crippen LogP contribution in [0.4, 0.5) is 0 Å². The number of unbranched alkanes of at least 4 members (excludes halogenated alkanes) is 1. The minimum atomic E-state index is 0.540. The molecule has 2 aliphatic carbocycles. The van der Waals surface area contributed by atoms with Crippen molar-refractivity contribution < 1.29 is 0 Å². The maximum atomic E-state index is 2.43. The summed E-state index contributed by atoms with van der Waals surface area (Å²) < 4.78 is 0. The Bertz CT molecular complexity index is 293. The van der Waals surface area contributed by atoms with E-state index in [1.807, 2.05) is 0 Å². The summed E-state index contributed by atoms with van der Waals surface area (Å²) in [6.45, 7) is 7.14. The van der Waals surface area contributed by atoms with Crippen molar-refractivity contribution in [2.75, 3.05) is 0 Å². The van der Waals surface area contributed by atoms with Gasteiger partial charge >= 0.3 is 0 Å². The molecule has 0 aromatic heterocycles. The smallest absolute Gasteiger partial charge is 0.00214 e. The Morgan fingerprint density at radius 1 is 1.40 bits per heavy atom. The van der Waals surface area contributed by atoms with E-state index in [0.717, 1.165) is 5.92 Å². The fraction of sp³-hybridized carbons (Fsp3) is 0.733. The molecule has 0 nitrogen and oxygen atoms in total. The number of allylic oxidation sites excluding steroid dienone is 4. The van der Waals surface area contributed by atoms with Crippen molar-refractivity contribution in [1.29, 1.82) is 0 Å². The third kappa shape index (κ3) is 1.68. The number of hydrogen-bond donors (Lipinski definition) is 0. The van der Waals surface area contributed by atoms with Gasteiger partial charge in [-0.2, -0.15) is 0 Å². The highest BCUT2D eigenvalue weighted by Gasteiger charge is 2.41. The zero-order valence-corrected chi connectivity index (χ0v) is 10.5. The van der Waals surface area contributed by atoms with Crippen LogP contribution in [0.25, 0.3) is 0 Å². The van der Waals surface area contributed by atoms with Crippen molar-refractivity contribution in [3.63, 3.8) is 0 Å². The lowest BCUT2D eigenvalue weighted by molar-refractivity contribution is 0.222. The van der Waals surface area contributed by atoms with Crippen LogP contribution in [-0.4, -0.2) is 0 Å². The summed E-state index contributed by atoms with van der Waals surface area (Å²) >= 11 is 0. The van der Waals surface area contributed by atoms with Gasteiger partial charge in [0.15, 0.2) is 0 Å². The molecule has 0 saturated heterocycles. The molecule has 2 aliphatic rings. The Balaban J connectivity index is 2.23. The Hall–Kier alpha value is -0.520. The molecule has 0 aromatic carbocycles. The van der Waals surface area contributed by atoms with Gasteiger partial charge in [0.05, 0.1) is 0 Å². The van der Waals surface area contributed by atoms with E-state index in [0.29, 0.717) is 5.41 Å². The summed E-state index contributed by atoms with van der Waals surface area (Å²) in [7, 11) is 0. The van der Waals surface area contributed by atoms with E-state index in [1.54, 1.807) is 11.1 Å². The Morgan fingerprint density at radius 2 is 2.20 bits per heavy atom. The molecule has 0 heteroatoms. The number of rotatable bonds is 4. The fourth-order valence-corrected chi connectivity index (χ4v) is 3.45. The van der Waals surface area contributed by atoms with Gasteiger partial charge in [-0.1, -0.05) is 51.3 Å².